The Hall–Kier alpha value is -0.220. The SMILES string of the molecule is CC1CC(C)CC(NC(=O)C2CSCN2)C1. The van der Waals surface area contributed by atoms with E-state index in [1.54, 1.807) is 11.8 Å². The third-order valence-electron chi connectivity index (χ3n) is 3.56. The van der Waals surface area contributed by atoms with Gasteiger partial charge >= 0.3 is 0 Å². The van der Waals surface area contributed by atoms with Gasteiger partial charge < -0.3 is 5.32 Å². The van der Waals surface area contributed by atoms with Crippen LogP contribution in [0, 0.1) is 11.8 Å². The normalized spacial score (nSPS) is 39.6. The Labute approximate surface area is 102 Å². The van der Waals surface area contributed by atoms with Crippen molar-refractivity contribution in [3.05, 3.63) is 0 Å². The molecule has 2 rings (SSSR count). The molecular formula is C12H22N2OS. The predicted molar refractivity (Wildman–Crippen MR) is 68.4 cm³/mol. The molecule has 3 atom stereocenters. The first kappa shape index (κ1) is 12.2. The fraction of sp³-hybridized carbons (Fsp3) is 0.917. The number of carbonyl (C=O) groups excluding carboxylic acids is 1. The second-order valence-corrected chi connectivity index (χ2v) is 6.43. The molecular weight excluding hydrogens is 220 g/mol. The summed E-state index contributed by atoms with van der Waals surface area (Å²) in [6.45, 7) is 4.58. The molecule has 1 amide bonds. The van der Waals surface area contributed by atoms with Crippen LogP contribution in [-0.2, 0) is 4.79 Å². The van der Waals surface area contributed by atoms with Crippen molar-refractivity contribution in [3.8, 4) is 0 Å². The highest BCUT2D eigenvalue weighted by atomic mass is 32.2. The summed E-state index contributed by atoms with van der Waals surface area (Å²) in [6, 6.07) is 0.441. The molecule has 2 fully saturated rings. The Balaban J connectivity index is 1.81. The first-order valence-electron chi connectivity index (χ1n) is 6.26. The largest absolute Gasteiger partial charge is 0.352 e. The Morgan fingerprint density at radius 1 is 1.25 bits per heavy atom. The molecule has 0 aromatic heterocycles. The van der Waals surface area contributed by atoms with Crippen molar-refractivity contribution in [2.24, 2.45) is 11.8 Å². The van der Waals surface area contributed by atoms with Gasteiger partial charge in [-0.05, 0) is 31.1 Å². The highest BCUT2D eigenvalue weighted by Gasteiger charge is 2.28. The smallest absolute Gasteiger partial charge is 0.238 e. The van der Waals surface area contributed by atoms with Crippen molar-refractivity contribution in [3.63, 3.8) is 0 Å². The molecule has 16 heavy (non-hydrogen) atoms. The molecule has 3 nitrogen and oxygen atoms in total. The van der Waals surface area contributed by atoms with Crippen LogP contribution in [-0.4, -0.2) is 29.6 Å². The van der Waals surface area contributed by atoms with Crippen molar-refractivity contribution in [2.45, 2.75) is 45.2 Å². The fourth-order valence-electron chi connectivity index (χ4n) is 2.93. The van der Waals surface area contributed by atoms with E-state index >= 15 is 0 Å². The van der Waals surface area contributed by atoms with Crippen LogP contribution in [0.15, 0.2) is 0 Å². The highest BCUT2D eigenvalue weighted by molar-refractivity contribution is 7.99. The lowest BCUT2D eigenvalue weighted by molar-refractivity contribution is -0.123. The molecule has 0 spiro atoms. The van der Waals surface area contributed by atoms with E-state index in [0.29, 0.717) is 6.04 Å². The number of hydrogen-bond donors (Lipinski definition) is 2. The quantitative estimate of drug-likeness (QED) is 0.772. The van der Waals surface area contributed by atoms with Crippen molar-refractivity contribution < 1.29 is 4.79 Å². The Morgan fingerprint density at radius 2 is 1.94 bits per heavy atom. The van der Waals surface area contributed by atoms with Crippen LogP contribution in [0.5, 0.6) is 0 Å². The summed E-state index contributed by atoms with van der Waals surface area (Å²) in [4.78, 5) is 11.9. The number of hydrogen-bond acceptors (Lipinski definition) is 3. The monoisotopic (exact) mass is 242 g/mol. The van der Waals surface area contributed by atoms with Crippen LogP contribution in [0.25, 0.3) is 0 Å². The van der Waals surface area contributed by atoms with Crippen LogP contribution in [0.2, 0.25) is 0 Å². The van der Waals surface area contributed by atoms with Crippen LogP contribution < -0.4 is 10.6 Å². The van der Waals surface area contributed by atoms with Gasteiger partial charge in [-0.25, -0.2) is 0 Å². The zero-order valence-corrected chi connectivity index (χ0v) is 11.0. The van der Waals surface area contributed by atoms with E-state index in [1.165, 1.54) is 6.42 Å². The number of rotatable bonds is 2. The van der Waals surface area contributed by atoms with E-state index in [4.69, 9.17) is 0 Å². The first-order valence-corrected chi connectivity index (χ1v) is 7.42. The molecule has 3 unspecified atom stereocenters. The van der Waals surface area contributed by atoms with Gasteiger partial charge in [0.2, 0.25) is 5.91 Å². The molecule has 0 aromatic rings. The third-order valence-corrected chi connectivity index (χ3v) is 4.50. The van der Waals surface area contributed by atoms with Gasteiger partial charge in [0.05, 0.1) is 6.04 Å². The molecule has 0 bridgehead atoms. The maximum atomic E-state index is 11.9. The summed E-state index contributed by atoms with van der Waals surface area (Å²) in [5.41, 5.74) is 0. The Morgan fingerprint density at radius 3 is 2.50 bits per heavy atom. The average Bonchev–Trinajstić information content (AvgIpc) is 2.68. The van der Waals surface area contributed by atoms with Crippen molar-refractivity contribution >= 4 is 17.7 Å². The summed E-state index contributed by atoms with van der Waals surface area (Å²) in [5, 5.41) is 6.43. The van der Waals surface area contributed by atoms with Gasteiger partial charge in [0, 0.05) is 17.7 Å². The zero-order chi connectivity index (χ0) is 11.5. The number of carbonyl (C=O) groups is 1. The molecule has 0 aromatic carbocycles. The molecule has 1 saturated heterocycles. The van der Waals surface area contributed by atoms with Crippen molar-refractivity contribution in [1.82, 2.24) is 10.6 Å². The summed E-state index contributed by atoms with van der Waals surface area (Å²) < 4.78 is 0. The van der Waals surface area contributed by atoms with Gasteiger partial charge in [-0.15, -0.1) is 11.8 Å². The zero-order valence-electron chi connectivity index (χ0n) is 10.2. The minimum absolute atomic E-state index is 0.0394. The van der Waals surface area contributed by atoms with Crippen LogP contribution in [0.4, 0.5) is 0 Å². The summed E-state index contributed by atoms with van der Waals surface area (Å²) in [5.74, 6) is 3.54. The molecule has 2 aliphatic rings. The van der Waals surface area contributed by atoms with Gasteiger partial charge in [-0.2, -0.15) is 0 Å². The summed E-state index contributed by atoms with van der Waals surface area (Å²) in [6.07, 6.45) is 3.61. The van der Waals surface area contributed by atoms with Gasteiger partial charge in [-0.3, -0.25) is 10.1 Å². The second kappa shape index (κ2) is 5.41. The molecule has 1 heterocycles. The molecule has 1 aliphatic carbocycles. The molecule has 2 N–H and O–H groups in total. The highest BCUT2D eigenvalue weighted by Crippen LogP contribution is 2.28. The minimum atomic E-state index is 0.0394. The second-order valence-electron chi connectivity index (χ2n) is 5.39. The number of amides is 1. The van der Waals surface area contributed by atoms with Crippen LogP contribution in [0.1, 0.15) is 33.1 Å². The average molecular weight is 242 g/mol. The molecule has 1 aliphatic heterocycles. The lowest BCUT2D eigenvalue weighted by Gasteiger charge is -2.32. The molecule has 92 valence electrons. The first-order chi connectivity index (χ1) is 7.65. The number of nitrogens with one attached hydrogen (secondary N) is 2. The van der Waals surface area contributed by atoms with E-state index < -0.39 is 0 Å². The van der Waals surface area contributed by atoms with Gasteiger partial charge in [0.15, 0.2) is 0 Å². The van der Waals surface area contributed by atoms with E-state index in [0.717, 1.165) is 36.3 Å². The van der Waals surface area contributed by atoms with Gasteiger partial charge in [0.25, 0.3) is 0 Å². The summed E-state index contributed by atoms with van der Waals surface area (Å²) in [7, 11) is 0. The van der Waals surface area contributed by atoms with Crippen molar-refractivity contribution in [2.75, 3.05) is 11.6 Å². The van der Waals surface area contributed by atoms with Gasteiger partial charge in [0.1, 0.15) is 0 Å². The molecule has 1 saturated carbocycles. The van der Waals surface area contributed by atoms with E-state index in [9.17, 15) is 4.79 Å². The van der Waals surface area contributed by atoms with Crippen molar-refractivity contribution in [1.29, 1.82) is 0 Å². The lowest BCUT2D eigenvalue weighted by atomic mass is 9.80. The minimum Gasteiger partial charge on any atom is -0.352 e. The van der Waals surface area contributed by atoms with Crippen LogP contribution in [0.3, 0.4) is 0 Å². The standard InChI is InChI=1S/C12H22N2OS/c1-8-3-9(2)5-10(4-8)14-12(15)11-6-16-7-13-11/h8-11,13H,3-7H2,1-2H3,(H,14,15). The number of thioether (sulfide) groups is 1. The predicted octanol–water partition coefficient (Wildman–Crippen LogP) is 1.59. The summed E-state index contributed by atoms with van der Waals surface area (Å²) >= 11 is 1.80. The lowest BCUT2D eigenvalue weighted by Crippen LogP contribution is -2.48. The van der Waals surface area contributed by atoms with E-state index in [-0.39, 0.29) is 11.9 Å². The molecule has 4 heteroatoms. The van der Waals surface area contributed by atoms with Crippen LogP contribution >= 0.6 is 11.8 Å². The van der Waals surface area contributed by atoms with Gasteiger partial charge in [-0.1, -0.05) is 13.8 Å². The van der Waals surface area contributed by atoms with E-state index in [1.807, 2.05) is 0 Å². The molecule has 0 radical (unpaired) electrons. The van der Waals surface area contributed by atoms with E-state index in [2.05, 4.69) is 24.5 Å². The maximum Gasteiger partial charge on any atom is 0.238 e. The Kier molecular flexibility index (Phi) is 4.14. The Bertz CT molecular complexity index is 243. The topological polar surface area (TPSA) is 41.1 Å². The fourth-order valence-corrected chi connectivity index (χ4v) is 3.87. The maximum absolute atomic E-state index is 11.9. The third kappa shape index (κ3) is 3.14.